The van der Waals surface area contributed by atoms with Crippen LogP contribution in [0, 0.1) is 6.92 Å². The van der Waals surface area contributed by atoms with Gasteiger partial charge in [-0.25, -0.2) is 4.98 Å². The van der Waals surface area contributed by atoms with Crippen molar-refractivity contribution in [2.75, 3.05) is 5.32 Å². The van der Waals surface area contributed by atoms with E-state index < -0.39 is 0 Å². The van der Waals surface area contributed by atoms with Crippen LogP contribution in [0.25, 0.3) is 0 Å². The molecule has 14 heavy (non-hydrogen) atoms. The molecule has 0 aliphatic carbocycles. The molecule has 4 heteroatoms. The van der Waals surface area contributed by atoms with Gasteiger partial charge in [-0.15, -0.1) is 6.58 Å². The Morgan fingerprint density at radius 3 is 3.07 bits per heavy atom. The van der Waals surface area contributed by atoms with Gasteiger partial charge < -0.3 is 5.32 Å². The maximum absolute atomic E-state index is 11.2. The summed E-state index contributed by atoms with van der Waals surface area (Å²) < 4.78 is 0. The topological polar surface area (TPSA) is 42.0 Å². The van der Waals surface area contributed by atoms with Crippen LogP contribution in [-0.2, 0) is 4.79 Å². The fraction of sp³-hybridized carbons (Fsp3) is 0.200. The number of halogens is 1. The average Bonchev–Trinajstić information content (AvgIpc) is 2.10. The number of aromatic nitrogens is 1. The van der Waals surface area contributed by atoms with Gasteiger partial charge in [-0.05, 0) is 18.6 Å². The van der Waals surface area contributed by atoms with Crippen LogP contribution in [0.5, 0.6) is 0 Å². The Labute approximate surface area is 87.8 Å². The molecule has 0 spiro atoms. The quantitative estimate of drug-likeness (QED) is 0.616. The zero-order chi connectivity index (χ0) is 10.6. The van der Waals surface area contributed by atoms with Gasteiger partial charge in [-0.2, -0.15) is 0 Å². The predicted octanol–water partition coefficient (Wildman–Crippen LogP) is 2.56. The summed E-state index contributed by atoms with van der Waals surface area (Å²) in [7, 11) is 0. The zero-order valence-electron chi connectivity index (χ0n) is 7.88. The summed E-state index contributed by atoms with van der Waals surface area (Å²) >= 11 is 5.67. The molecule has 0 radical (unpaired) electrons. The molecule has 1 rings (SSSR count). The maximum Gasteiger partial charge on any atom is 0.228 e. The van der Waals surface area contributed by atoms with Gasteiger partial charge in [0.05, 0.1) is 11.9 Å². The SMILES string of the molecule is C=CCC(=O)Nc1cnc(Cl)cc1C. The molecular formula is C10H11ClN2O. The third kappa shape index (κ3) is 2.85. The Balaban J connectivity index is 2.76. The van der Waals surface area contributed by atoms with Crippen molar-refractivity contribution >= 4 is 23.2 Å². The minimum atomic E-state index is -0.104. The summed E-state index contributed by atoms with van der Waals surface area (Å²) in [6.45, 7) is 5.34. The van der Waals surface area contributed by atoms with Gasteiger partial charge in [-0.3, -0.25) is 4.79 Å². The summed E-state index contributed by atoms with van der Waals surface area (Å²) in [5, 5.41) is 3.13. The van der Waals surface area contributed by atoms with Crippen LogP contribution in [0.2, 0.25) is 5.15 Å². The number of carbonyl (C=O) groups is 1. The molecule has 1 aromatic heterocycles. The van der Waals surface area contributed by atoms with Crippen molar-refractivity contribution in [3.8, 4) is 0 Å². The molecule has 1 aromatic rings. The monoisotopic (exact) mass is 210 g/mol. The summed E-state index contributed by atoms with van der Waals surface area (Å²) in [5.41, 5.74) is 1.57. The summed E-state index contributed by atoms with van der Waals surface area (Å²) in [5.74, 6) is -0.104. The number of nitrogens with zero attached hydrogens (tertiary/aromatic N) is 1. The Bertz CT molecular complexity index is 363. The van der Waals surface area contributed by atoms with Crippen molar-refractivity contribution in [2.45, 2.75) is 13.3 Å². The Kier molecular flexibility index (Phi) is 3.65. The molecule has 1 amide bonds. The van der Waals surface area contributed by atoms with Crippen molar-refractivity contribution in [2.24, 2.45) is 0 Å². The molecule has 0 saturated heterocycles. The maximum atomic E-state index is 11.2. The van der Waals surface area contributed by atoms with Gasteiger partial charge in [0, 0.05) is 6.42 Å². The number of anilines is 1. The number of hydrogen-bond acceptors (Lipinski definition) is 2. The molecule has 0 aliphatic heterocycles. The summed E-state index contributed by atoms with van der Waals surface area (Å²) in [6.07, 6.45) is 3.38. The Morgan fingerprint density at radius 2 is 2.50 bits per heavy atom. The van der Waals surface area contributed by atoms with E-state index in [-0.39, 0.29) is 5.91 Å². The average molecular weight is 211 g/mol. The van der Waals surface area contributed by atoms with Crippen LogP contribution >= 0.6 is 11.6 Å². The number of amides is 1. The van der Waals surface area contributed by atoms with E-state index in [9.17, 15) is 4.79 Å². The second kappa shape index (κ2) is 4.77. The molecular weight excluding hydrogens is 200 g/mol. The van der Waals surface area contributed by atoms with Gasteiger partial charge >= 0.3 is 0 Å². The first kappa shape index (κ1) is 10.7. The van der Waals surface area contributed by atoms with Crippen molar-refractivity contribution in [1.29, 1.82) is 0 Å². The van der Waals surface area contributed by atoms with Crippen LogP contribution in [-0.4, -0.2) is 10.9 Å². The van der Waals surface area contributed by atoms with Crippen molar-refractivity contribution in [1.82, 2.24) is 4.98 Å². The van der Waals surface area contributed by atoms with E-state index >= 15 is 0 Å². The molecule has 0 bridgehead atoms. The van der Waals surface area contributed by atoms with Gasteiger partial charge in [0.2, 0.25) is 5.91 Å². The van der Waals surface area contributed by atoms with Gasteiger partial charge in [0.1, 0.15) is 5.15 Å². The standard InChI is InChI=1S/C10H11ClN2O/c1-3-4-10(14)13-8-6-12-9(11)5-7(8)2/h3,5-6H,1,4H2,2H3,(H,13,14). The minimum Gasteiger partial charge on any atom is -0.324 e. The second-order valence-corrected chi connectivity index (χ2v) is 3.25. The van der Waals surface area contributed by atoms with Gasteiger partial charge in [-0.1, -0.05) is 17.7 Å². The molecule has 0 atom stereocenters. The second-order valence-electron chi connectivity index (χ2n) is 2.86. The molecule has 1 N–H and O–H groups in total. The van der Waals surface area contributed by atoms with Crippen LogP contribution in [0.15, 0.2) is 24.9 Å². The lowest BCUT2D eigenvalue weighted by Crippen LogP contribution is -2.11. The van der Waals surface area contributed by atoms with E-state index in [4.69, 9.17) is 11.6 Å². The van der Waals surface area contributed by atoms with E-state index in [0.29, 0.717) is 17.3 Å². The summed E-state index contributed by atoms with van der Waals surface area (Å²) in [6, 6.07) is 1.70. The fourth-order valence-electron chi connectivity index (χ4n) is 0.985. The summed E-state index contributed by atoms with van der Waals surface area (Å²) in [4.78, 5) is 15.1. The van der Waals surface area contributed by atoms with Crippen LogP contribution in [0.3, 0.4) is 0 Å². The first-order valence-corrected chi connectivity index (χ1v) is 4.54. The molecule has 0 aromatic carbocycles. The largest absolute Gasteiger partial charge is 0.324 e. The van der Waals surface area contributed by atoms with E-state index in [2.05, 4.69) is 16.9 Å². The molecule has 1 heterocycles. The van der Waals surface area contributed by atoms with Crippen LogP contribution in [0.4, 0.5) is 5.69 Å². The first-order chi connectivity index (χ1) is 6.63. The predicted molar refractivity (Wildman–Crippen MR) is 57.4 cm³/mol. The molecule has 0 unspecified atom stereocenters. The normalized spacial score (nSPS) is 9.57. The lowest BCUT2D eigenvalue weighted by molar-refractivity contribution is -0.115. The third-order valence-corrected chi connectivity index (χ3v) is 1.89. The van der Waals surface area contributed by atoms with E-state index in [1.807, 2.05) is 6.92 Å². The lowest BCUT2D eigenvalue weighted by Gasteiger charge is -2.06. The smallest absolute Gasteiger partial charge is 0.228 e. The number of carbonyl (C=O) groups excluding carboxylic acids is 1. The van der Waals surface area contributed by atoms with E-state index in [0.717, 1.165) is 5.56 Å². The van der Waals surface area contributed by atoms with Crippen LogP contribution < -0.4 is 5.32 Å². The highest BCUT2D eigenvalue weighted by Gasteiger charge is 2.03. The molecule has 0 fully saturated rings. The first-order valence-electron chi connectivity index (χ1n) is 4.16. The minimum absolute atomic E-state index is 0.104. The lowest BCUT2D eigenvalue weighted by atomic mass is 10.2. The highest BCUT2D eigenvalue weighted by Crippen LogP contribution is 2.16. The van der Waals surface area contributed by atoms with Gasteiger partial charge in [0.25, 0.3) is 0 Å². The molecule has 74 valence electrons. The number of hydrogen-bond donors (Lipinski definition) is 1. The van der Waals surface area contributed by atoms with Gasteiger partial charge in [0.15, 0.2) is 0 Å². The molecule has 3 nitrogen and oxygen atoms in total. The van der Waals surface area contributed by atoms with E-state index in [1.165, 1.54) is 0 Å². The fourth-order valence-corrected chi connectivity index (χ4v) is 1.20. The zero-order valence-corrected chi connectivity index (χ0v) is 8.64. The Morgan fingerprint density at radius 1 is 1.79 bits per heavy atom. The number of pyridine rings is 1. The van der Waals surface area contributed by atoms with Crippen LogP contribution in [0.1, 0.15) is 12.0 Å². The Hall–Kier alpha value is -1.35. The van der Waals surface area contributed by atoms with E-state index in [1.54, 1.807) is 18.3 Å². The van der Waals surface area contributed by atoms with Crippen molar-refractivity contribution in [3.05, 3.63) is 35.6 Å². The van der Waals surface area contributed by atoms with Crippen molar-refractivity contribution in [3.63, 3.8) is 0 Å². The highest BCUT2D eigenvalue weighted by atomic mass is 35.5. The molecule has 0 saturated carbocycles. The highest BCUT2D eigenvalue weighted by molar-refractivity contribution is 6.29. The molecule has 0 aliphatic rings. The number of aryl methyl sites for hydroxylation is 1. The van der Waals surface area contributed by atoms with Crippen molar-refractivity contribution < 1.29 is 4.79 Å². The number of nitrogens with one attached hydrogen (secondary N) is 1. The third-order valence-electron chi connectivity index (χ3n) is 1.68. The number of rotatable bonds is 3.